The maximum Gasteiger partial charge on any atom is 0.253 e. The molecule has 0 spiro atoms. The number of ether oxygens (including phenoxy) is 1. The van der Waals surface area contributed by atoms with E-state index in [0.29, 0.717) is 0 Å². The molecular formula is C16H20INO2. The minimum Gasteiger partial charge on any atom is -0.492 e. The fourth-order valence-electron chi connectivity index (χ4n) is 2.52. The van der Waals surface area contributed by atoms with E-state index in [2.05, 4.69) is 22.6 Å². The Hall–Kier alpha value is -0.780. The van der Waals surface area contributed by atoms with E-state index in [4.69, 9.17) is 4.74 Å². The molecule has 1 aromatic carbocycles. The zero-order valence-electron chi connectivity index (χ0n) is 11.6. The van der Waals surface area contributed by atoms with Gasteiger partial charge in [-0.1, -0.05) is 0 Å². The Morgan fingerprint density at radius 1 is 1.25 bits per heavy atom. The van der Waals surface area contributed by atoms with Crippen molar-refractivity contribution >= 4 is 28.5 Å². The van der Waals surface area contributed by atoms with Crippen LogP contribution in [-0.2, 0) is 0 Å². The van der Waals surface area contributed by atoms with Gasteiger partial charge in [-0.2, -0.15) is 0 Å². The van der Waals surface area contributed by atoms with Crippen molar-refractivity contribution in [3.05, 3.63) is 27.3 Å². The number of rotatable bonds is 4. The van der Waals surface area contributed by atoms with E-state index in [1.165, 1.54) is 19.3 Å². The summed E-state index contributed by atoms with van der Waals surface area (Å²) in [4.78, 5) is 14.5. The molecule has 1 aliphatic heterocycles. The number of amides is 1. The number of likely N-dealkylation sites (tertiary alicyclic amines) is 1. The van der Waals surface area contributed by atoms with E-state index >= 15 is 0 Å². The smallest absolute Gasteiger partial charge is 0.253 e. The summed E-state index contributed by atoms with van der Waals surface area (Å²) in [5.41, 5.74) is 0.762. The Balaban J connectivity index is 1.71. The van der Waals surface area contributed by atoms with E-state index in [1.54, 1.807) is 0 Å². The molecule has 1 saturated carbocycles. The number of benzene rings is 1. The fourth-order valence-corrected chi connectivity index (χ4v) is 3.01. The molecule has 1 aromatic rings. The number of piperidine rings is 1. The molecule has 108 valence electrons. The van der Waals surface area contributed by atoms with Crippen LogP contribution in [0.2, 0.25) is 0 Å². The summed E-state index contributed by atoms with van der Waals surface area (Å²) in [5.74, 6) is 1.74. The van der Waals surface area contributed by atoms with Crippen LogP contribution in [0.3, 0.4) is 0 Å². The number of carbonyl (C=O) groups excluding carboxylic acids is 1. The topological polar surface area (TPSA) is 29.5 Å². The lowest BCUT2D eigenvalue weighted by atomic mass is 10.1. The summed E-state index contributed by atoms with van der Waals surface area (Å²) in [6.07, 6.45) is 6.06. The molecule has 1 heterocycles. The second-order valence-corrected chi connectivity index (χ2v) is 6.91. The summed E-state index contributed by atoms with van der Waals surface area (Å²) in [6.45, 7) is 2.57. The van der Waals surface area contributed by atoms with Crippen LogP contribution >= 0.6 is 22.6 Å². The molecule has 1 aliphatic carbocycles. The van der Waals surface area contributed by atoms with E-state index < -0.39 is 0 Å². The van der Waals surface area contributed by atoms with Gasteiger partial charge < -0.3 is 9.64 Å². The Labute approximate surface area is 133 Å². The molecule has 0 unspecified atom stereocenters. The van der Waals surface area contributed by atoms with Gasteiger partial charge in [0.15, 0.2) is 0 Å². The van der Waals surface area contributed by atoms with Crippen LogP contribution in [0.1, 0.15) is 42.5 Å². The molecule has 3 nitrogen and oxygen atoms in total. The second kappa shape index (κ2) is 6.33. The molecule has 0 radical (unpaired) electrons. The molecule has 20 heavy (non-hydrogen) atoms. The molecule has 1 saturated heterocycles. The predicted molar refractivity (Wildman–Crippen MR) is 87.1 cm³/mol. The highest BCUT2D eigenvalue weighted by Gasteiger charge is 2.23. The van der Waals surface area contributed by atoms with E-state index in [0.717, 1.165) is 53.3 Å². The molecule has 3 rings (SSSR count). The van der Waals surface area contributed by atoms with Crippen molar-refractivity contribution in [3.63, 3.8) is 0 Å². The third-order valence-electron chi connectivity index (χ3n) is 3.99. The van der Waals surface area contributed by atoms with Crippen molar-refractivity contribution in [2.45, 2.75) is 32.1 Å². The van der Waals surface area contributed by atoms with Gasteiger partial charge in [0.05, 0.1) is 10.2 Å². The van der Waals surface area contributed by atoms with Gasteiger partial charge in [-0.05, 0) is 78.8 Å². The van der Waals surface area contributed by atoms with Gasteiger partial charge in [-0.25, -0.2) is 0 Å². The maximum atomic E-state index is 12.5. The highest BCUT2D eigenvalue weighted by molar-refractivity contribution is 14.1. The maximum absolute atomic E-state index is 12.5. The number of nitrogens with zero attached hydrogens (tertiary/aromatic N) is 1. The Morgan fingerprint density at radius 3 is 2.70 bits per heavy atom. The lowest BCUT2D eigenvalue weighted by Crippen LogP contribution is -2.35. The van der Waals surface area contributed by atoms with Gasteiger partial charge in [0.2, 0.25) is 0 Å². The van der Waals surface area contributed by atoms with Crippen LogP contribution < -0.4 is 4.74 Å². The quantitative estimate of drug-likeness (QED) is 0.740. The lowest BCUT2D eigenvalue weighted by molar-refractivity contribution is 0.0724. The fraction of sp³-hybridized carbons (Fsp3) is 0.562. The van der Waals surface area contributed by atoms with Crippen molar-refractivity contribution in [2.75, 3.05) is 19.7 Å². The predicted octanol–water partition coefficient (Wildman–Crippen LogP) is 3.71. The first kappa shape index (κ1) is 14.2. The summed E-state index contributed by atoms with van der Waals surface area (Å²) < 4.78 is 6.94. The van der Waals surface area contributed by atoms with Crippen molar-refractivity contribution in [3.8, 4) is 5.75 Å². The molecule has 4 heteroatoms. The summed E-state index contributed by atoms with van der Waals surface area (Å²) >= 11 is 2.27. The number of hydrogen-bond donors (Lipinski definition) is 0. The third kappa shape index (κ3) is 3.45. The van der Waals surface area contributed by atoms with Crippen LogP contribution in [-0.4, -0.2) is 30.5 Å². The zero-order valence-corrected chi connectivity index (χ0v) is 13.8. The number of carbonyl (C=O) groups is 1. The second-order valence-electron chi connectivity index (χ2n) is 5.75. The van der Waals surface area contributed by atoms with Crippen molar-refractivity contribution in [1.29, 1.82) is 0 Å². The molecule has 0 bridgehead atoms. The number of hydrogen-bond acceptors (Lipinski definition) is 2. The normalized spacial score (nSPS) is 18.9. The molecule has 0 atom stereocenters. The van der Waals surface area contributed by atoms with E-state index in [1.807, 2.05) is 23.1 Å². The summed E-state index contributed by atoms with van der Waals surface area (Å²) in [6, 6.07) is 5.82. The molecule has 0 N–H and O–H groups in total. The Kier molecular flexibility index (Phi) is 4.48. The number of halogens is 1. The zero-order chi connectivity index (χ0) is 13.9. The molecule has 2 fully saturated rings. The Morgan fingerprint density at radius 2 is 2.00 bits per heavy atom. The highest BCUT2D eigenvalue weighted by atomic mass is 127. The minimum atomic E-state index is 0.150. The minimum absolute atomic E-state index is 0.150. The SMILES string of the molecule is O=C(c1ccc(I)c(OCC2CC2)c1)N1CCCCC1. The van der Waals surface area contributed by atoms with Crippen LogP contribution in [0, 0.1) is 9.49 Å². The van der Waals surface area contributed by atoms with Gasteiger partial charge >= 0.3 is 0 Å². The van der Waals surface area contributed by atoms with E-state index in [-0.39, 0.29) is 5.91 Å². The average molecular weight is 385 g/mol. The lowest BCUT2D eigenvalue weighted by Gasteiger charge is -2.27. The molecule has 2 aliphatic rings. The van der Waals surface area contributed by atoms with Crippen molar-refractivity contribution in [1.82, 2.24) is 4.90 Å². The molecule has 0 aromatic heterocycles. The molecule has 1 amide bonds. The molecular weight excluding hydrogens is 365 g/mol. The van der Waals surface area contributed by atoms with Crippen LogP contribution in [0.5, 0.6) is 5.75 Å². The van der Waals surface area contributed by atoms with Crippen molar-refractivity contribution < 1.29 is 9.53 Å². The van der Waals surface area contributed by atoms with Gasteiger partial charge in [0.25, 0.3) is 5.91 Å². The summed E-state index contributed by atoms with van der Waals surface area (Å²) in [7, 11) is 0. The standard InChI is InChI=1S/C16H20INO2/c17-14-7-6-13(10-15(14)20-11-12-4-5-12)16(19)18-8-2-1-3-9-18/h6-7,10,12H,1-5,8-9,11H2. The van der Waals surface area contributed by atoms with Gasteiger partial charge in [0, 0.05) is 18.7 Å². The first-order valence-electron chi connectivity index (χ1n) is 7.45. The van der Waals surface area contributed by atoms with Gasteiger partial charge in [-0.15, -0.1) is 0 Å². The first-order chi connectivity index (χ1) is 9.74. The Bertz CT molecular complexity index is 493. The largest absolute Gasteiger partial charge is 0.492 e. The summed E-state index contributed by atoms with van der Waals surface area (Å²) in [5, 5.41) is 0. The van der Waals surface area contributed by atoms with Crippen molar-refractivity contribution in [2.24, 2.45) is 5.92 Å². The van der Waals surface area contributed by atoms with E-state index in [9.17, 15) is 4.79 Å². The average Bonchev–Trinajstić information content (AvgIpc) is 3.31. The third-order valence-corrected chi connectivity index (χ3v) is 4.88. The van der Waals surface area contributed by atoms with Crippen LogP contribution in [0.25, 0.3) is 0 Å². The van der Waals surface area contributed by atoms with Crippen LogP contribution in [0.15, 0.2) is 18.2 Å². The monoisotopic (exact) mass is 385 g/mol. The van der Waals surface area contributed by atoms with Gasteiger partial charge in [-0.3, -0.25) is 4.79 Å². The van der Waals surface area contributed by atoms with Crippen LogP contribution in [0.4, 0.5) is 0 Å². The first-order valence-corrected chi connectivity index (χ1v) is 8.53. The van der Waals surface area contributed by atoms with Gasteiger partial charge in [0.1, 0.15) is 5.75 Å². The highest BCUT2D eigenvalue weighted by Crippen LogP contribution is 2.31.